The van der Waals surface area contributed by atoms with Crippen molar-refractivity contribution in [3.63, 3.8) is 0 Å². The molecule has 0 spiro atoms. The number of hydrogen-bond donors (Lipinski definition) is 0. The summed E-state index contributed by atoms with van der Waals surface area (Å²) in [6.45, 7) is 0.554. The number of hydrogen-bond acceptors (Lipinski definition) is 6. The Balaban J connectivity index is 1.41. The third-order valence-electron chi connectivity index (χ3n) is 6.09. The maximum atomic E-state index is 14.3. The molecule has 4 rings (SSSR count). The van der Waals surface area contributed by atoms with E-state index in [1.807, 2.05) is 6.07 Å². The van der Waals surface area contributed by atoms with Crippen LogP contribution >= 0.6 is 0 Å². The Labute approximate surface area is 200 Å². The molecule has 1 aliphatic heterocycles. The van der Waals surface area contributed by atoms with Crippen molar-refractivity contribution in [2.45, 2.75) is 24.0 Å². The van der Waals surface area contributed by atoms with E-state index in [4.69, 9.17) is 9.47 Å². The number of aryl methyl sites for hydroxylation is 1. The summed E-state index contributed by atoms with van der Waals surface area (Å²) in [7, 11) is 7.88. The third-order valence-corrected chi connectivity index (χ3v) is 6.09. The number of pyridine rings is 1. The lowest BCUT2D eigenvalue weighted by Gasteiger charge is -2.36. The fraction of sp³-hybridized carbons (Fsp3) is 0.238. The van der Waals surface area contributed by atoms with Gasteiger partial charge in [-0.2, -0.15) is 5.10 Å². The maximum absolute atomic E-state index is 14.3. The Morgan fingerprint density at radius 3 is 2.44 bits per heavy atom. The minimum atomic E-state index is -1.52. The van der Waals surface area contributed by atoms with Gasteiger partial charge in [0, 0.05) is 18.7 Å². The maximum Gasteiger partial charge on any atom is 0.266 e. The van der Waals surface area contributed by atoms with Crippen molar-refractivity contribution in [2.75, 3.05) is 4.90 Å². The second kappa shape index (κ2) is 8.70. The SMILES string of the molecule is BC(B)(F)C(B)(B)Oc1ccc(COc2ccc3c(c2)CN(c2ccc(=O)n(C)n2)C3=O)nc1. The second-order valence-corrected chi connectivity index (χ2v) is 9.22. The first kappa shape index (κ1) is 23.7. The molecule has 0 saturated heterocycles. The highest BCUT2D eigenvalue weighted by atomic mass is 19.1. The van der Waals surface area contributed by atoms with Crippen LogP contribution in [0.1, 0.15) is 21.6 Å². The molecule has 0 fully saturated rings. The highest BCUT2D eigenvalue weighted by molar-refractivity contribution is 6.53. The summed E-state index contributed by atoms with van der Waals surface area (Å²) >= 11 is 0. The van der Waals surface area contributed by atoms with E-state index >= 15 is 0 Å². The Bertz CT molecular complexity index is 1300. The van der Waals surface area contributed by atoms with E-state index in [1.165, 1.54) is 37.4 Å². The van der Waals surface area contributed by atoms with Crippen LogP contribution in [0.25, 0.3) is 0 Å². The van der Waals surface area contributed by atoms with Gasteiger partial charge in [0.2, 0.25) is 0 Å². The lowest BCUT2D eigenvalue weighted by atomic mass is 9.43. The molecule has 1 aromatic carbocycles. The number of carbonyl (C=O) groups is 1. The topological polar surface area (TPSA) is 86.5 Å². The lowest BCUT2D eigenvalue weighted by molar-refractivity contribution is 0.0995. The van der Waals surface area contributed by atoms with E-state index in [0.29, 0.717) is 35.1 Å². The van der Waals surface area contributed by atoms with Gasteiger partial charge in [0.15, 0.2) is 5.82 Å². The van der Waals surface area contributed by atoms with Crippen LogP contribution in [-0.2, 0) is 20.2 Å². The molecule has 0 N–H and O–H groups in total. The van der Waals surface area contributed by atoms with Crippen LogP contribution in [0.2, 0.25) is 0 Å². The first-order valence-corrected chi connectivity index (χ1v) is 10.9. The normalized spacial score (nSPS) is 13.6. The van der Waals surface area contributed by atoms with Gasteiger partial charge in [-0.25, -0.2) is 4.68 Å². The van der Waals surface area contributed by atoms with Gasteiger partial charge >= 0.3 is 0 Å². The molecule has 2 aromatic heterocycles. The highest BCUT2D eigenvalue weighted by Gasteiger charge is 2.38. The molecule has 170 valence electrons. The number of fused-ring (bicyclic) bond motifs is 1. The first-order valence-electron chi connectivity index (χ1n) is 10.9. The molecule has 8 nitrogen and oxygen atoms in total. The summed E-state index contributed by atoms with van der Waals surface area (Å²) in [6.07, 6.45) is 1.55. The monoisotopic (exact) mass is 458 g/mol. The Hall–Kier alpha value is -3.49. The van der Waals surface area contributed by atoms with Crippen LogP contribution in [0.15, 0.2) is 53.5 Å². The number of carbonyl (C=O) groups excluding carboxylic acids is 1. The molecular weight excluding hydrogens is 435 g/mol. The number of halogens is 1. The van der Waals surface area contributed by atoms with E-state index in [0.717, 1.165) is 5.56 Å². The largest absolute Gasteiger partial charge is 0.502 e. The molecule has 0 saturated carbocycles. The van der Waals surface area contributed by atoms with Gasteiger partial charge in [-0.3, -0.25) is 23.9 Å². The van der Waals surface area contributed by atoms with Crippen molar-refractivity contribution in [2.24, 2.45) is 7.05 Å². The van der Waals surface area contributed by atoms with E-state index in [9.17, 15) is 14.0 Å². The fourth-order valence-electron chi connectivity index (χ4n) is 3.34. The van der Waals surface area contributed by atoms with Crippen LogP contribution in [0.5, 0.6) is 11.5 Å². The molecule has 13 heteroatoms. The van der Waals surface area contributed by atoms with Crippen LogP contribution in [-0.4, -0.2) is 62.9 Å². The summed E-state index contributed by atoms with van der Waals surface area (Å²) in [5, 5.41) is 3.16. The van der Waals surface area contributed by atoms with E-state index in [2.05, 4.69) is 10.1 Å². The van der Waals surface area contributed by atoms with Crippen LogP contribution in [0, 0.1) is 0 Å². The number of rotatable bonds is 7. The number of alkyl halides is 1. The van der Waals surface area contributed by atoms with E-state index in [1.54, 1.807) is 53.2 Å². The lowest BCUT2D eigenvalue weighted by Crippen LogP contribution is -2.57. The summed E-state index contributed by atoms with van der Waals surface area (Å²) in [5.41, 5.74) is 0.294. The highest BCUT2D eigenvalue weighted by Crippen LogP contribution is 2.30. The molecule has 3 aromatic rings. The van der Waals surface area contributed by atoms with Crippen molar-refractivity contribution in [3.8, 4) is 11.5 Å². The summed E-state index contributed by atoms with van der Waals surface area (Å²) in [5.74, 6) is 1.31. The second-order valence-electron chi connectivity index (χ2n) is 9.22. The van der Waals surface area contributed by atoms with Crippen LogP contribution < -0.4 is 19.9 Å². The van der Waals surface area contributed by atoms with Crippen molar-refractivity contribution in [1.29, 1.82) is 0 Å². The standard InChI is InChI=1S/C21H23B4FN4O4/c1-29-18(31)7-6-17(28-29)30-10-12-8-14(4-5-16(12)19(30)32)33-11-13-2-3-15(9-27-13)34-21(24,25)20(22,23)26/h2-9H,10-11,22-25H2,1H3. The van der Waals surface area contributed by atoms with Gasteiger partial charge in [-0.15, -0.1) is 0 Å². The molecule has 0 unspecified atom stereocenters. The summed E-state index contributed by atoms with van der Waals surface area (Å²) in [4.78, 5) is 30.2. The quantitative estimate of drug-likeness (QED) is 0.386. The molecule has 0 aliphatic carbocycles. The first-order chi connectivity index (χ1) is 15.9. The molecule has 1 aliphatic rings. The van der Waals surface area contributed by atoms with Gasteiger partial charge in [0.05, 0.1) is 29.3 Å². The van der Waals surface area contributed by atoms with Gasteiger partial charge in [0.1, 0.15) is 49.5 Å². The predicted molar refractivity (Wildman–Crippen MR) is 136 cm³/mol. The van der Waals surface area contributed by atoms with Crippen molar-refractivity contribution in [3.05, 3.63) is 75.8 Å². The zero-order valence-corrected chi connectivity index (χ0v) is 19.8. The zero-order valence-electron chi connectivity index (χ0n) is 19.8. The summed E-state index contributed by atoms with van der Waals surface area (Å²) < 4.78 is 27.1. The minimum Gasteiger partial charge on any atom is -0.502 e. The predicted octanol–water partition coefficient (Wildman–Crippen LogP) is -1.90. The molecule has 0 radical (unpaired) electrons. The van der Waals surface area contributed by atoms with E-state index < -0.39 is 10.9 Å². The zero-order chi connectivity index (χ0) is 24.7. The van der Waals surface area contributed by atoms with Crippen molar-refractivity contribution < 1.29 is 18.7 Å². The Morgan fingerprint density at radius 2 is 1.79 bits per heavy atom. The molecule has 3 heterocycles. The van der Waals surface area contributed by atoms with Crippen molar-refractivity contribution >= 4 is 43.1 Å². The van der Waals surface area contributed by atoms with E-state index in [-0.39, 0.29) is 18.1 Å². The van der Waals surface area contributed by atoms with Crippen LogP contribution in [0.3, 0.4) is 0 Å². The number of amides is 1. The Kier molecular flexibility index (Phi) is 6.05. The number of benzene rings is 1. The molecular formula is C21H23B4FN4O4. The molecule has 0 atom stereocenters. The number of anilines is 1. The van der Waals surface area contributed by atoms with Gasteiger partial charge in [0.25, 0.3) is 11.5 Å². The molecule has 0 bridgehead atoms. The number of nitrogens with zero attached hydrogens (tertiary/aromatic N) is 4. The average molecular weight is 458 g/mol. The van der Waals surface area contributed by atoms with Crippen LogP contribution in [0.4, 0.5) is 10.2 Å². The molecule has 34 heavy (non-hydrogen) atoms. The Morgan fingerprint density at radius 1 is 1.06 bits per heavy atom. The molecule has 1 amide bonds. The minimum absolute atomic E-state index is 0.177. The van der Waals surface area contributed by atoms with Crippen molar-refractivity contribution in [1.82, 2.24) is 14.8 Å². The van der Waals surface area contributed by atoms with Gasteiger partial charge in [-0.1, -0.05) is 0 Å². The smallest absolute Gasteiger partial charge is 0.266 e. The number of ether oxygens (including phenoxy) is 2. The summed E-state index contributed by atoms with van der Waals surface area (Å²) in [6, 6.07) is 11.7. The average Bonchev–Trinajstić information content (AvgIpc) is 3.10. The van der Waals surface area contributed by atoms with Gasteiger partial charge < -0.3 is 9.47 Å². The fourth-order valence-corrected chi connectivity index (χ4v) is 3.34. The third kappa shape index (κ3) is 4.73. The van der Waals surface area contributed by atoms with Gasteiger partial charge in [-0.05, 0) is 42.0 Å². The number of aromatic nitrogens is 3.